The first-order valence-corrected chi connectivity index (χ1v) is 9.20. The molecule has 1 aromatic rings. The average molecular weight is 425 g/mol. The van der Waals surface area contributed by atoms with Crippen molar-refractivity contribution in [2.75, 3.05) is 0 Å². The zero-order valence-corrected chi connectivity index (χ0v) is 16.9. The van der Waals surface area contributed by atoms with Gasteiger partial charge >= 0.3 is 17.9 Å². The molecular formula is C19H23NO10. The van der Waals surface area contributed by atoms with Gasteiger partial charge in [-0.3, -0.25) is 24.5 Å². The van der Waals surface area contributed by atoms with Crippen LogP contribution in [0.3, 0.4) is 0 Å². The topological polar surface area (TPSA) is 141 Å². The number of hydrogen-bond acceptors (Lipinski definition) is 10. The third-order valence-electron chi connectivity index (χ3n) is 4.20. The minimum Gasteiger partial charge on any atom is -0.461 e. The molecule has 0 amide bonds. The predicted octanol–water partition coefficient (Wildman–Crippen LogP) is 1.90. The van der Waals surface area contributed by atoms with Crippen molar-refractivity contribution < 1.29 is 43.0 Å². The number of nitro groups is 1. The van der Waals surface area contributed by atoms with E-state index in [-0.39, 0.29) is 11.4 Å². The first-order valence-electron chi connectivity index (χ1n) is 9.20. The zero-order valence-electron chi connectivity index (χ0n) is 16.9. The van der Waals surface area contributed by atoms with Gasteiger partial charge in [0.1, 0.15) is 11.9 Å². The van der Waals surface area contributed by atoms with Crippen LogP contribution in [-0.2, 0) is 33.3 Å². The lowest BCUT2D eigenvalue weighted by Gasteiger charge is -2.44. The molecule has 0 N–H and O–H groups in total. The van der Waals surface area contributed by atoms with E-state index in [4.69, 9.17) is 23.7 Å². The van der Waals surface area contributed by atoms with E-state index < -0.39 is 53.5 Å². The van der Waals surface area contributed by atoms with E-state index in [1.807, 2.05) is 0 Å². The monoisotopic (exact) mass is 425 g/mol. The maximum absolute atomic E-state index is 11.7. The number of non-ortho nitro benzene ring substituents is 1. The lowest BCUT2D eigenvalue weighted by atomic mass is 9.96. The van der Waals surface area contributed by atoms with Crippen molar-refractivity contribution in [3.8, 4) is 5.75 Å². The molecule has 1 aliphatic rings. The van der Waals surface area contributed by atoms with Crippen LogP contribution in [0, 0.1) is 10.1 Å². The van der Waals surface area contributed by atoms with Crippen LogP contribution < -0.4 is 4.74 Å². The molecular weight excluding hydrogens is 402 g/mol. The van der Waals surface area contributed by atoms with Gasteiger partial charge in [0.05, 0.1) is 4.92 Å². The molecule has 0 saturated carbocycles. The van der Waals surface area contributed by atoms with Gasteiger partial charge in [-0.15, -0.1) is 0 Å². The summed E-state index contributed by atoms with van der Waals surface area (Å²) < 4.78 is 27.5. The molecule has 5 unspecified atom stereocenters. The summed E-state index contributed by atoms with van der Waals surface area (Å²) in [5.74, 6) is -1.81. The molecule has 11 nitrogen and oxygen atoms in total. The summed E-state index contributed by atoms with van der Waals surface area (Å²) in [5.41, 5.74) is -0.136. The van der Waals surface area contributed by atoms with Crippen molar-refractivity contribution in [3.63, 3.8) is 0 Å². The molecule has 1 saturated heterocycles. The standard InChI is InChI=1S/C19H23NO10/c1-5-15-16(26-10(2)21)17(27-11(3)22)18(28-12(4)23)19(30-15)29-14-8-6-13(7-9-14)20(24)25/h6-9,15-19H,5H2,1-4H3. The van der Waals surface area contributed by atoms with Crippen LogP contribution in [0.15, 0.2) is 24.3 Å². The minimum absolute atomic E-state index is 0.136. The van der Waals surface area contributed by atoms with Crippen molar-refractivity contribution >= 4 is 23.6 Å². The van der Waals surface area contributed by atoms with E-state index in [1.165, 1.54) is 31.2 Å². The van der Waals surface area contributed by atoms with E-state index >= 15 is 0 Å². The summed E-state index contributed by atoms with van der Waals surface area (Å²) in [6.45, 7) is 5.28. The number of hydrogen-bond donors (Lipinski definition) is 0. The van der Waals surface area contributed by atoms with Gasteiger partial charge in [0.15, 0.2) is 12.2 Å². The second kappa shape index (κ2) is 10.0. The summed E-state index contributed by atoms with van der Waals surface area (Å²) in [4.78, 5) is 45.2. The molecule has 0 aliphatic carbocycles. The van der Waals surface area contributed by atoms with E-state index in [2.05, 4.69) is 0 Å². The van der Waals surface area contributed by atoms with Crippen LogP contribution in [0.1, 0.15) is 34.1 Å². The fraction of sp³-hybridized carbons (Fsp3) is 0.526. The molecule has 5 atom stereocenters. The molecule has 0 aromatic heterocycles. The van der Waals surface area contributed by atoms with Crippen LogP contribution in [-0.4, -0.2) is 53.5 Å². The first kappa shape index (κ1) is 23.1. The number of esters is 3. The van der Waals surface area contributed by atoms with Gasteiger partial charge in [-0.25, -0.2) is 0 Å². The quantitative estimate of drug-likeness (QED) is 0.275. The molecule has 164 valence electrons. The summed E-state index contributed by atoms with van der Waals surface area (Å²) in [7, 11) is 0. The zero-order chi connectivity index (χ0) is 22.4. The molecule has 1 fully saturated rings. The maximum Gasteiger partial charge on any atom is 0.303 e. The normalized spacial score (nSPS) is 25.7. The Morgan fingerprint density at radius 3 is 1.90 bits per heavy atom. The lowest BCUT2D eigenvalue weighted by molar-refractivity contribution is -0.384. The van der Waals surface area contributed by atoms with Crippen molar-refractivity contribution in [1.82, 2.24) is 0 Å². The Bertz CT molecular complexity index is 793. The molecule has 0 spiro atoms. The summed E-state index contributed by atoms with van der Waals surface area (Å²) in [6, 6.07) is 5.18. The maximum atomic E-state index is 11.7. The van der Waals surface area contributed by atoms with Crippen molar-refractivity contribution in [2.24, 2.45) is 0 Å². The molecule has 11 heteroatoms. The fourth-order valence-electron chi connectivity index (χ4n) is 3.06. The molecule has 0 bridgehead atoms. The van der Waals surface area contributed by atoms with Crippen molar-refractivity contribution in [2.45, 2.75) is 64.8 Å². The van der Waals surface area contributed by atoms with Crippen LogP contribution in [0.25, 0.3) is 0 Å². The largest absolute Gasteiger partial charge is 0.461 e. The highest BCUT2D eigenvalue weighted by Gasteiger charge is 2.52. The highest BCUT2D eigenvalue weighted by Crippen LogP contribution is 2.32. The third kappa shape index (κ3) is 5.89. The number of nitro benzene ring substituents is 1. The Balaban J connectivity index is 2.38. The molecule has 1 aromatic carbocycles. The Kier molecular flexibility index (Phi) is 7.70. The van der Waals surface area contributed by atoms with E-state index in [1.54, 1.807) is 6.92 Å². The molecule has 30 heavy (non-hydrogen) atoms. The van der Waals surface area contributed by atoms with E-state index in [0.717, 1.165) is 13.8 Å². The SMILES string of the molecule is CCC1OC(Oc2ccc([N+](=O)[O-])cc2)C(OC(C)=O)C(OC(C)=O)C1OC(C)=O. The number of carbonyl (C=O) groups excluding carboxylic acids is 3. The van der Waals surface area contributed by atoms with Crippen molar-refractivity contribution in [3.05, 3.63) is 34.4 Å². The van der Waals surface area contributed by atoms with Crippen LogP contribution in [0.2, 0.25) is 0 Å². The van der Waals surface area contributed by atoms with E-state index in [0.29, 0.717) is 6.42 Å². The lowest BCUT2D eigenvalue weighted by Crippen LogP contribution is -2.62. The molecule has 2 rings (SSSR count). The van der Waals surface area contributed by atoms with Gasteiger partial charge < -0.3 is 23.7 Å². The molecule has 1 heterocycles. The van der Waals surface area contributed by atoms with Crippen LogP contribution in [0.5, 0.6) is 5.75 Å². The molecule has 1 aliphatic heterocycles. The van der Waals surface area contributed by atoms with Crippen molar-refractivity contribution in [1.29, 1.82) is 0 Å². The Morgan fingerprint density at radius 1 is 0.933 bits per heavy atom. The Morgan fingerprint density at radius 2 is 1.43 bits per heavy atom. The number of rotatable bonds is 7. The Labute approximate surface area is 172 Å². The predicted molar refractivity (Wildman–Crippen MR) is 99.3 cm³/mol. The van der Waals surface area contributed by atoms with Gasteiger partial charge in [-0.05, 0) is 18.6 Å². The second-order valence-corrected chi connectivity index (χ2v) is 6.54. The van der Waals surface area contributed by atoms with Gasteiger partial charge in [-0.1, -0.05) is 6.92 Å². The van der Waals surface area contributed by atoms with Gasteiger partial charge in [-0.2, -0.15) is 0 Å². The smallest absolute Gasteiger partial charge is 0.303 e. The Hall–Kier alpha value is -3.21. The average Bonchev–Trinajstić information content (AvgIpc) is 2.65. The number of carbonyl (C=O) groups is 3. The van der Waals surface area contributed by atoms with Crippen LogP contribution in [0.4, 0.5) is 5.69 Å². The summed E-state index contributed by atoms with van der Waals surface area (Å²) >= 11 is 0. The highest BCUT2D eigenvalue weighted by atomic mass is 16.7. The van der Waals surface area contributed by atoms with Gasteiger partial charge in [0, 0.05) is 32.9 Å². The van der Waals surface area contributed by atoms with Gasteiger partial charge in [0.2, 0.25) is 12.4 Å². The molecule has 0 radical (unpaired) electrons. The second-order valence-electron chi connectivity index (χ2n) is 6.54. The number of nitrogens with zero attached hydrogens (tertiary/aromatic N) is 1. The summed E-state index contributed by atoms with van der Waals surface area (Å²) in [6.07, 6.45) is -5.06. The first-order chi connectivity index (χ1) is 14.1. The number of benzene rings is 1. The highest BCUT2D eigenvalue weighted by molar-refractivity contribution is 5.68. The summed E-state index contributed by atoms with van der Waals surface area (Å²) in [5, 5.41) is 10.8. The fourth-order valence-corrected chi connectivity index (χ4v) is 3.06. The van der Waals surface area contributed by atoms with E-state index in [9.17, 15) is 24.5 Å². The number of ether oxygens (including phenoxy) is 5. The minimum atomic E-state index is -1.26. The van der Waals surface area contributed by atoms with Gasteiger partial charge in [0.25, 0.3) is 5.69 Å². The third-order valence-corrected chi connectivity index (χ3v) is 4.20. The van der Waals surface area contributed by atoms with Crippen LogP contribution >= 0.6 is 0 Å².